The topological polar surface area (TPSA) is 57.2 Å². The Kier molecular flexibility index (Phi) is 5.61. The molecule has 1 saturated heterocycles. The van der Waals surface area contributed by atoms with Gasteiger partial charge in [-0.2, -0.15) is 18.3 Å². The van der Waals surface area contributed by atoms with Crippen LogP contribution in [0.15, 0.2) is 53.3 Å². The fourth-order valence-electron chi connectivity index (χ4n) is 5.13. The number of halogens is 3. The summed E-state index contributed by atoms with van der Waals surface area (Å²) in [7, 11) is 3.38. The van der Waals surface area contributed by atoms with Gasteiger partial charge in [-0.05, 0) is 37.1 Å². The van der Waals surface area contributed by atoms with Gasteiger partial charge in [-0.3, -0.25) is 13.8 Å². The first-order valence-electron chi connectivity index (χ1n) is 11.4. The molecule has 1 atom stereocenters. The molecule has 0 amide bonds. The van der Waals surface area contributed by atoms with E-state index >= 15 is 0 Å². The van der Waals surface area contributed by atoms with Gasteiger partial charge in [0.05, 0.1) is 36.5 Å². The van der Waals surface area contributed by atoms with E-state index in [0.29, 0.717) is 23.3 Å². The van der Waals surface area contributed by atoms with Crippen molar-refractivity contribution in [3.05, 3.63) is 75.8 Å². The van der Waals surface area contributed by atoms with Crippen LogP contribution >= 0.6 is 0 Å². The third-order valence-corrected chi connectivity index (χ3v) is 6.65. The van der Waals surface area contributed by atoms with E-state index in [2.05, 4.69) is 10.00 Å². The van der Waals surface area contributed by atoms with Crippen LogP contribution in [0.3, 0.4) is 0 Å². The molecule has 1 aliphatic heterocycles. The second-order valence-electron chi connectivity index (χ2n) is 8.88. The average Bonchev–Trinajstić information content (AvgIpc) is 3.49. The Labute approximate surface area is 199 Å². The Bertz CT molecular complexity index is 1450. The van der Waals surface area contributed by atoms with E-state index in [1.807, 2.05) is 30.8 Å². The van der Waals surface area contributed by atoms with Crippen molar-refractivity contribution < 1.29 is 17.9 Å². The number of benzene rings is 2. The lowest BCUT2D eigenvalue weighted by Crippen LogP contribution is -2.30. The molecule has 7 nitrogen and oxygen atoms in total. The maximum Gasteiger partial charge on any atom is 0.416 e. The zero-order chi connectivity index (χ0) is 24.9. The molecule has 0 aliphatic carbocycles. The van der Waals surface area contributed by atoms with Gasteiger partial charge in [0.1, 0.15) is 17.1 Å². The van der Waals surface area contributed by atoms with Crippen molar-refractivity contribution in [3.8, 4) is 5.75 Å². The minimum absolute atomic E-state index is 0.0328. The number of imidazole rings is 1. The molecule has 1 fully saturated rings. The molecular formula is C25H26F3N5O2. The highest BCUT2D eigenvalue weighted by atomic mass is 19.4. The number of ether oxygens (including phenoxy) is 1. The van der Waals surface area contributed by atoms with Crippen molar-refractivity contribution in [2.24, 2.45) is 7.05 Å². The minimum Gasteiger partial charge on any atom is -0.494 e. The van der Waals surface area contributed by atoms with Gasteiger partial charge in [0.2, 0.25) is 0 Å². The molecule has 0 saturated carbocycles. The number of alkyl halides is 3. The van der Waals surface area contributed by atoms with Crippen molar-refractivity contribution >= 4 is 16.9 Å². The lowest BCUT2D eigenvalue weighted by Gasteiger charge is -2.18. The molecule has 184 valence electrons. The normalized spacial score (nSPS) is 16.4. The first-order valence-corrected chi connectivity index (χ1v) is 11.4. The summed E-state index contributed by atoms with van der Waals surface area (Å²) in [5.74, 6) is 1.42. The molecular weight excluding hydrogens is 459 g/mol. The number of rotatable bonds is 5. The largest absolute Gasteiger partial charge is 0.494 e. The summed E-state index contributed by atoms with van der Waals surface area (Å²) < 4.78 is 51.5. The predicted octanol–water partition coefficient (Wildman–Crippen LogP) is 4.37. The Morgan fingerprint density at radius 1 is 1.14 bits per heavy atom. The van der Waals surface area contributed by atoms with E-state index in [0.717, 1.165) is 30.5 Å². The molecule has 0 bridgehead atoms. The number of hydrogen-bond donors (Lipinski definition) is 0. The smallest absolute Gasteiger partial charge is 0.416 e. The summed E-state index contributed by atoms with van der Waals surface area (Å²) >= 11 is 0. The number of methoxy groups -OCH3 is 1. The molecule has 2 aromatic carbocycles. The molecule has 5 rings (SSSR count). The summed E-state index contributed by atoms with van der Waals surface area (Å²) in [5, 5.41) is 4.42. The fourth-order valence-corrected chi connectivity index (χ4v) is 5.13. The van der Waals surface area contributed by atoms with E-state index in [9.17, 15) is 18.0 Å². The van der Waals surface area contributed by atoms with Gasteiger partial charge < -0.3 is 9.64 Å². The standard InChI is InChI=1S/C25H26F3N5O2/c1-16-13-22(30(2)29-16)31-12-11-18(15-31)33-20-9-6-10-21(35-3)23(20)32(24(33)34)14-17-7-4-5-8-19(17)25(26,27)28/h4-10,13,18H,11-12,14-15H2,1-3H3/t18-/m1/s1. The van der Waals surface area contributed by atoms with Gasteiger partial charge in [0.25, 0.3) is 0 Å². The number of nitrogens with zero attached hydrogens (tertiary/aromatic N) is 5. The van der Waals surface area contributed by atoms with Crippen LogP contribution in [0.1, 0.15) is 29.3 Å². The van der Waals surface area contributed by atoms with E-state index in [4.69, 9.17) is 4.74 Å². The third-order valence-electron chi connectivity index (χ3n) is 6.65. The first-order chi connectivity index (χ1) is 16.7. The highest BCUT2D eigenvalue weighted by Gasteiger charge is 2.34. The summed E-state index contributed by atoms with van der Waals surface area (Å²) in [5.41, 5.74) is 0.979. The summed E-state index contributed by atoms with van der Waals surface area (Å²) in [6, 6.07) is 12.6. The maximum atomic E-state index is 13.8. The lowest BCUT2D eigenvalue weighted by atomic mass is 10.1. The monoisotopic (exact) mass is 485 g/mol. The molecule has 3 heterocycles. The van der Waals surface area contributed by atoms with Gasteiger partial charge in [0.15, 0.2) is 0 Å². The molecule has 0 radical (unpaired) electrons. The van der Waals surface area contributed by atoms with Gasteiger partial charge >= 0.3 is 11.9 Å². The van der Waals surface area contributed by atoms with Gasteiger partial charge in [-0.15, -0.1) is 0 Å². The Morgan fingerprint density at radius 3 is 2.60 bits per heavy atom. The lowest BCUT2D eigenvalue weighted by molar-refractivity contribution is -0.138. The Balaban J connectivity index is 1.61. The molecule has 0 unspecified atom stereocenters. The highest BCUT2D eigenvalue weighted by Crippen LogP contribution is 2.35. The van der Waals surface area contributed by atoms with Crippen molar-refractivity contribution in [1.29, 1.82) is 0 Å². The van der Waals surface area contributed by atoms with Crippen LogP contribution in [0.2, 0.25) is 0 Å². The van der Waals surface area contributed by atoms with Crippen LogP contribution in [0.4, 0.5) is 19.0 Å². The number of aryl methyl sites for hydroxylation is 2. The number of fused-ring (bicyclic) bond motifs is 1. The van der Waals surface area contributed by atoms with Crippen LogP contribution in [0, 0.1) is 6.92 Å². The van der Waals surface area contributed by atoms with Crippen LogP contribution in [0.5, 0.6) is 5.75 Å². The van der Waals surface area contributed by atoms with Crippen LogP contribution < -0.4 is 15.3 Å². The van der Waals surface area contributed by atoms with Gasteiger partial charge in [-0.25, -0.2) is 4.79 Å². The van der Waals surface area contributed by atoms with Crippen LogP contribution in [-0.2, 0) is 19.8 Å². The Hall–Kier alpha value is -3.69. The highest BCUT2D eigenvalue weighted by molar-refractivity contribution is 5.83. The van der Waals surface area contributed by atoms with Crippen LogP contribution in [0.25, 0.3) is 11.0 Å². The van der Waals surface area contributed by atoms with E-state index in [1.54, 1.807) is 22.8 Å². The molecule has 1 aliphatic rings. The maximum absolute atomic E-state index is 13.8. The van der Waals surface area contributed by atoms with Crippen molar-refractivity contribution in [3.63, 3.8) is 0 Å². The SMILES string of the molecule is COc1cccc2c1n(Cc1ccccc1C(F)(F)F)c(=O)n2[C@@H]1CCN(c2cc(C)nn2C)C1. The van der Waals surface area contributed by atoms with E-state index < -0.39 is 11.7 Å². The predicted molar refractivity (Wildman–Crippen MR) is 127 cm³/mol. The summed E-state index contributed by atoms with van der Waals surface area (Å²) in [4.78, 5) is 16.0. The van der Waals surface area contributed by atoms with Crippen molar-refractivity contribution in [2.75, 3.05) is 25.1 Å². The second-order valence-corrected chi connectivity index (χ2v) is 8.88. The van der Waals surface area contributed by atoms with Crippen molar-refractivity contribution in [1.82, 2.24) is 18.9 Å². The first kappa shape index (κ1) is 23.1. The zero-order valence-electron chi connectivity index (χ0n) is 19.7. The number of anilines is 1. The molecule has 0 N–H and O–H groups in total. The quantitative estimate of drug-likeness (QED) is 0.421. The Morgan fingerprint density at radius 2 is 1.91 bits per heavy atom. The van der Waals surface area contributed by atoms with E-state index in [-0.39, 0.29) is 23.8 Å². The summed E-state index contributed by atoms with van der Waals surface area (Å²) in [6.07, 6.45) is -3.80. The summed E-state index contributed by atoms with van der Waals surface area (Å²) in [6.45, 7) is 3.05. The van der Waals surface area contributed by atoms with Gasteiger partial charge in [-0.1, -0.05) is 24.3 Å². The number of para-hydroxylation sites is 1. The number of aromatic nitrogens is 4. The molecule has 35 heavy (non-hydrogen) atoms. The molecule has 10 heteroatoms. The fraction of sp³-hybridized carbons (Fsp3) is 0.360. The van der Waals surface area contributed by atoms with Crippen molar-refractivity contribution in [2.45, 2.75) is 32.1 Å². The zero-order valence-corrected chi connectivity index (χ0v) is 19.7. The minimum atomic E-state index is -4.52. The van der Waals surface area contributed by atoms with Crippen LogP contribution in [-0.4, -0.2) is 39.1 Å². The number of hydrogen-bond acceptors (Lipinski definition) is 4. The molecule has 0 spiro atoms. The van der Waals surface area contributed by atoms with E-state index in [1.165, 1.54) is 23.8 Å². The average molecular weight is 486 g/mol. The van der Waals surface area contributed by atoms with Gasteiger partial charge in [0, 0.05) is 26.2 Å². The molecule has 2 aromatic heterocycles. The third kappa shape index (κ3) is 3.96. The second kappa shape index (κ2) is 8.51. The molecule has 4 aromatic rings.